The second kappa shape index (κ2) is 14.3. The van der Waals surface area contributed by atoms with Crippen LogP contribution in [-0.2, 0) is 22.6 Å². The van der Waals surface area contributed by atoms with E-state index in [-0.39, 0.29) is 11.8 Å². The normalized spacial score (nSPS) is 10.6. The first kappa shape index (κ1) is 23.6. The Bertz CT molecular complexity index is 735. The molecule has 0 aromatic heterocycles. The van der Waals surface area contributed by atoms with E-state index in [2.05, 4.69) is 24.3 Å². The smallest absolute Gasteiger partial charge is 0.243 e. The second-order valence-corrected chi connectivity index (χ2v) is 7.69. The summed E-state index contributed by atoms with van der Waals surface area (Å²) in [5, 5.41) is 8.46. The van der Waals surface area contributed by atoms with Gasteiger partial charge in [-0.15, -0.1) is 0 Å². The molecule has 162 valence electrons. The van der Waals surface area contributed by atoms with Crippen LogP contribution in [0.2, 0.25) is 0 Å². The minimum absolute atomic E-state index is 0.217. The minimum atomic E-state index is -0.324. The fraction of sp³-hybridized carbons (Fsp3) is 0.440. The van der Waals surface area contributed by atoms with Crippen molar-refractivity contribution in [3.63, 3.8) is 0 Å². The van der Waals surface area contributed by atoms with Gasteiger partial charge in [-0.3, -0.25) is 14.8 Å². The summed E-state index contributed by atoms with van der Waals surface area (Å²) >= 11 is 0. The van der Waals surface area contributed by atoms with Crippen LogP contribution in [0.5, 0.6) is 0 Å². The Morgan fingerprint density at radius 1 is 0.733 bits per heavy atom. The van der Waals surface area contributed by atoms with E-state index in [9.17, 15) is 9.59 Å². The third-order valence-electron chi connectivity index (χ3n) is 5.25. The number of hydroxylamine groups is 1. The number of unbranched alkanes of at least 4 members (excludes halogenated alkanes) is 5. The molecule has 30 heavy (non-hydrogen) atoms. The van der Waals surface area contributed by atoms with Gasteiger partial charge in [-0.2, -0.15) is 0 Å². The molecule has 0 saturated heterocycles. The van der Waals surface area contributed by atoms with Gasteiger partial charge in [0.2, 0.25) is 11.8 Å². The standard InChI is InChI=1S/C25H34N2O3/c28-24(26-30)17-11-3-1-2-4-12-18-25(29)27(21-23-15-9-6-10-16-23)20-19-22-13-7-5-8-14-22/h5-10,13-16,30H,1-4,11-12,17-21H2,(H,26,28). The van der Waals surface area contributed by atoms with Crippen molar-refractivity contribution in [2.75, 3.05) is 6.54 Å². The predicted octanol–water partition coefficient (Wildman–Crippen LogP) is 4.88. The maximum atomic E-state index is 12.9. The average molecular weight is 411 g/mol. The lowest BCUT2D eigenvalue weighted by molar-refractivity contribution is -0.132. The molecule has 0 heterocycles. The number of hydrogen-bond donors (Lipinski definition) is 2. The number of hydrogen-bond acceptors (Lipinski definition) is 3. The summed E-state index contributed by atoms with van der Waals surface area (Å²) < 4.78 is 0. The molecular weight excluding hydrogens is 376 g/mol. The molecule has 0 fully saturated rings. The number of nitrogens with zero attached hydrogens (tertiary/aromatic N) is 1. The van der Waals surface area contributed by atoms with Crippen molar-refractivity contribution in [1.82, 2.24) is 10.4 Å². The van der Waals surface area contributed by atoms with Crippen LogP contribution in [0, 0.1) is 0 Å². The van der Waals surface area contributed by atoms with Crippen LogP contribution in [0.25, 0.3) is 0 Å². The lowest BCUT2D eigenvalue weighted by Crippen LogP contribution is -2.32. The molecule has 2 N–H and O–H groups in total. The average Bonchev–Trinajstić information content (AvgIpc) is 2.79. The summed E-state index contributed by atoms with van der Waals surface area (Å²) in [6.07, 6.45) is 7.60. The zero-order chi connectivity index (χ0) is 21.4. The molecule has 5 nitrogen and oxygen atoms in total. The Kier molecular flexibility index (Phi) is 11.3. The Balaban J connectivity index is 1.72. The van der Waals surface area contributed by atoms with Crippen LogP contribution in [0.15, 0.2) is 60.7 Å². The summed E-state index contributed by atoms with van der Waals surface area (Å²) in [5.41, 5.74) is 4.06. The molecule has 2 rings (SSSR count). The van der Waals surface area contributed by atoms with Gasteiger partial charge in [-0.25, -0.2) is 5.48 Å². The van der Waals surface area contributed by atoms with Gasteiger partial charge in [0, 0.05) is 25.9 Å². The third-order valence-corrected chi connectivity index (χ3v) is 5.25. The Morgan fingerprint density at radius 3 is 1.87 bits per heavy atom. The van der Waals surface area contributed by atoms with Gasteiger partial charge >= 0.3 is 0 Å². The van der Waals surface area contributed by atoms with Crippen molar-refractivity contribution < 1.29 is 14.8 Å². The molecule has 0 radical (unpaired) electrons. The van der Waals surface area contributed by atoms with Gasteiger partial charge in [0.15, 0.2) is 0 Å². The molecule has 0 aliphatic rings. The van der Waals surface area contributed by atoms with Crippen LogP contribution in [-0.4, -0.2) is 28.5 Å². The van der Waals surface area contributed by atoms with Crippen LogP contribution in [0.3, 0.4) is 0 Å². The Morgan fingerprint density at radius 2 is 1.27 bits per heavy atom. The van der Waals surface area contributed by atoms with Gasteiger partial charge in [0.05, 0.1) is 0 Å². The zero-order valence-electron chi connectivity index (χ0n) is 17.8. The first-order valence-corrected chi connectivity index (χ1v) is 11.0. The lowest BCUT2D eigenvalue weighted by atomic mass is 10.1. The number of benzene rings is 2. The number of carbonyl (C=O) groups is 2. The number of rotatable bonds is 14. The predicted molar refractivity (Wildman–Crippen MR) is 119 cm³/mol. The fourth-order valence-electron chi connectivity index (χ4n) is 3.49. The molecule has 0 atom stereocenters. The highest BCUT2D eigenvalue weighted by molar-refractivity contribution is 5.76. The van der Waals surface area contributed by atoms with Crippen molar-refractivity contribution in [1.29, 1.82) is 0 Å². The maximum absolute atomic E-state index is 12.9. The van der Waals surface area contributed by atoms with Gasteiger partial charge in [0.25, 0.3) is 0 Å². The fourth-order valence-corrected chi connectivity index (χ4v) is 3.49. The quantitative estimate of drug-likeness (QED) is 0.265. The molecule has 0 aliphatic carbocycles. The highest BCUT2D eigenvalue weighted by Gasteiger charge is 2.14. The van der Waals surface area contributed by atoms with E-state index < -0.39 is 0 Å². The van der Waals surface area contributed by atoms with Crippen LogP contribution < -0.4 is 5.48 Å². The van der Waals surface area contributed by atoms with Crippen molar-refractivity contribution in [3.8, 4) is 0 Å². The highest BCUT2D eigenvalue weighted by Crippen LogP contribution is 2.13. The summed E-state index contributed by atoms with van der Waals surface area (Å²) in [5.74, 6) is -0.107. The number of nitrogens with one attached hydrogen (secondary N) is 1. The van der Waals surface area contributed by atoms with E-state index >= 15 is 0 Å². The largest absolute Gasteiger partial charge is 0.338 e. The van der Waals surface area contributed by atoms with E-state index in [1.807, 2.05) is 41.3 Å². The first-order chi connectivity index (χ1) is 14.7. The molecular formula is C25H34N2O3. The summed E-state index contributed by atoms with van der Waals surface area (Å²) in [7, 11) is 0. The van der Waals surface area contributed by atoms with Crippen LogP contribution in [0.1, 0.15) is 62.5 Å². The molecule has 2 amide bonds. The van der Waals surface area contributed by atoms with E-state index in [0.29, 0.717) is 19.4 Å². The van der Waals surface area contributed by atoms with Crippen LogP contribution >= 0.6 is 0 Å². The summed E-state index contributed by atoms with van der Waals surface area (Å²) in [6, 6.07) is 20.5. The van der Waals surface area contributed by atoms with E-state index in [1.165, 1.54) is 5.56 Å². The topological polar surface area (TPSA) is 69.6 Å². The van der Waals surface area contributed by atoms with E-state index in [4.69, 9.17) is 5.21 Å². The molecule has 0 bridgehead atoms. The second-order valence-electron chi connectivity index (χ2n) is 7.69. The molecule has 0 spiro atoms. The van der Waals surface area contributed by atoms with Crippen molar-refractivity contribution in [3.05, 3.63) is 71.8 Å². The first-order valence-electron chi connectivity index (χ1n) is 11.0. The maximum Gasteiger partial charge on any atom is 0.243 e. The van der Waals surface area contributed by atoms with Gasteiger partial charge < -0.3 is 4.90 Å². The lowest BCUT2D eigenvalue weighted by Gasteiger charge is -2.23. The van der Waals surface area contributed by atoms with Crippen molar-refractivity contribution >= 4 is 11.8 Å². The molecule has 0 saturated carbocycles. The number of amides is 2. The zero-order valence-corrected chi connectivity index (χ0v) is 17.8. The molecule has 0 unspecified atom stereocenters. The summed E-state index contributed by atoms with van der Waals surface area (Å²) in [6.45, 7) is 1.38. The molecule has 2 aromatic rings. The Labute approximate surface area is 180 Å². The van der Waals surface area contributed by atoms with Gasteiger partial charge in [-0.05, 0) is 30.4 Å². The summed E-state index contributed by atoms with van der Waals surface area (Å²) in [4.78, 5) is 25.8. The van der Waals surface area contributed by atoms with Crippen molar-refractivity contribution in [2.24, 2.45) is 0 Å². The SMILES string of the molecule is O=C(CCCCCCCCC(=O)N(CCc1ccccc1)Cc1ccccc1)NO. The molecule has 2 aromatic carbocycles. The van der Waals surface area contributed by atoms with E-state index in [0.717, 1.165) is 57.1 Å². The molecule has 0 aliphatic heterocycles. The molecule has 5 heteroatoms. The van der Waals surface area contributed by atoms with Gasteiger partial charge in [-0.1, -0.05) is 86.3 Å². The number of carbonyl (C=O) groups excluding carboxylic acids is 2. The van der Waals surface area contributed by atoms with Crippen molar-refractivity contribution in [2.45, 2.75) is 64.3 Å². The van der Waals surface area contributed by atoms with Crippen LogP contribution in [0.4, 0.5) is 0 Å². The minimum Gasteiger partial charge on any atom is -0.338 e. The third kappa shape index (κ3) is 9.70. The Hall–Kier alpha value is -2.66. The van der Waals surface area contributed by atoms with E-state index in [1.54, 1.807) is 5.48 Å². The highest BCUT2D eigenvalue weighted by atomic mass is 16.5. The monoisotopic (exact) mass is 410 g/mol. The van der Waals surface area contributed by atoms with Gasteiger partial charge in [0.1, 0.15) is 0 Å².